The van der Waals surface area contributed by atoms with Gasteiger partial charge in [0.2, 0.25) is 5.91 Å². The molecule has 2 aliphatic rings. The number of hydrogen-bond donors (Lipinski definition) is 0. The summed E-state index contributed by atoms with van der Waals surface area (Å²) in [6.45, 7) is 5.08. The second kappa shape index (κ2) is 10.2. The van der Waals surface area contributed by atoms with E-state index in [2.05, 4.69) is 61.2 Å². The van der Waals surface area contributed by atoms with E-state index < -0.39 is 0 Å². The molecule has 3 aromatic carbocycles. The molecule has 4 aromatic rings. The Bertz CT molecular complexity index is 1530. The number of nitriles is 1. The van der Waals surface area contributed by atoms with Gasteiger partial charge in [0.25, 0.3) is 0 Å². The van der Waals surface area contributed by atoms with Gasteiger partial charge < -0.3 is 9.64 Å². The topological polar surface area (TPSA) is 71.2 Å². The molecular formula is C32H34N4O2. The number of benzene rings is 3. The minimum atomic E-state index is -0.0844. The van der Waals surface area contributed by atoms with Crippen molar-refractivity contribution in [2.24, 2.45) is 0 Å². The fourth-order valence-corrected chi connectivity index (χ4v) is 6.29. The fourth-order valence-electron chi connectivity index (χ4n) is 6.29. The zero-order valence-electron chi connectivity index (χ0n) is 22.2. The Kier molecular flexibility index (Phi) is 6.63. The Balaban J connectivity index is 1.33. The number of piperidine rings is 1. The van der Waals surface area contributed by atoms with E-state index in [1.54, 1.807) is 0 Å². The van der Waals surface area contributed by atoms with Crippen molar-refractivity contribution in [3.05, 3.63) is 65.7 Å². The highest BCUT2D eigenvalue weighted by molar-refractivity contribution is 5.97. The van der Waals surface area contributed by atoms with Gasteiger partial charge in [-0.25, -0.2) is 4.68 Å². The van der Waals surface area contributed by atoms with Crippen molar-refractivity contribution in [2.45, 2.75) is 77.1 Å². The molecule has 3 heterocycles. The molecule has 6 rings (SSSR count). The molecule has 0 aliphatic carbocycles. The summed E-state index contributed by atoms with van der Waals surface area (Å²) >= 11 is 0. The molecule has 3 atom stereocenters. The predicted molar refractivity (Wildman–Crippen MR) is 150 cm³/mol. The van der Waals surface area contributed by atoms with E-state index in [4.69, 9.17) is 9.84 Å². The molecule has 1 unspecified atom stereocenters. The van der Waals surface area contributed by atoms with Gasteiger partial charge in [-0.1, -0.05) is 30.3 Å². The van der Waals surface area contributed by atoms with Crippen molar-refractivity contribution in [1.82, 2.24) is 14.7 Å². The number of carbonyl (C=O) groups excluding carboxylic acids is 1. The zero-order chi connectivity index (χ0) is 26.2. The van der Waals surface area contributed by atoms with E-state index in [-0.39, 0.29) is 12.1 Å². The van der Waals surface area contributed by atoms with Crippen LogP contribution in [0, 0.1) is 11.3 Å². The van der Waals surface area contributed by atoms with Gasteiger partial charge in [0.15, 0.2) is 6.23 Å². The number of likely N-dealkylation sites (tertiary alicyclic amines) is 1. The summed E-state index contributed by atoms with van der Waals surface area (Å²) in [6.07, 6.45) is 6.85. The van der Waals surface area contributed by atoms with Crippen LogP contribution in [0.25, 0.3) is 32.9 Å². The van der Waals surface area contributed by atoms with E-state index >= 15 is 0 Å². The maximum Gasteiger partial charge on any atom is 0.227 e. The van der Waals surface area contributed by atoms with Crippen LogP contribution in [-0.2, 0) is 16.0 Å². The van der Waals surface area contributed by atoms with Crippen LogP contribution in [-0.4, -0.2) is 39.3 Å². The predicted octanol–water partition coefficient (Wildman–Crippen LogP) is 6.76. The molecule has 1 aromatic heterocycles. The average molecular weight is 507 g/mol. The molecule has 6 nitrogen and oxygen atoms in total. The van der Waals surface area contributed by atoms with Crippen LogP contribution in [0.2, 0.25) is 0 Å². The average Bonchev–Trinajstić information content (AvgIpc) is 3.32. The van der Waals surface area contributed by atoms with E-state index in [0.717, 1.165) is 77.2 Å². The summed E-state index contributed by atoms with van der Waals surface area (Å²) < 4.78 is 8.05. The molecule has 6 heteroatoms. The smallest absolute Gasteiger partial charge is 0.227 e. The van der Waals surface area contributed by atoms with Gasteiger partial charge in [0.1, 0.15) is 5.69 Å². The Morgan fingerprint density at radius 3 is 2.53 bits per heavy atom. The van der Waals surface area contributed by atoms with Crippen molar-refractivity contribution in [3.63, 3.8) is 0 Å². The molecule has 38 heavy (non-hydrogen) atoms. The van der Waals surface area contributed by atoms with Crippen LogP contribution in [0.4, 0.5) is 0 Å². The molecular weight excluding hydrogens is 472 g/mol. The van der Waals surface area contributed by atoms with Crippen LogP contribution in [0.15, 0.2) is 54.6 Å². The lowest BCUT2D eigenvalue weighted by Crippen LogP contribution is -2.48. The van der Waals surface area contributed by atoms with Gasteiger partial charge in [-0.05, 0) is 93.0 Å². The third-order valence-corrected chi connectivity index (χ3v) is 8.28. The Morgan fingerprint density at radius 1 is 0.974 bits per heavy atom. The second-order valence-electron chi connectivity index (χ2n) is 11.0. The molecule has 0 radical (unpaired) electrons. The minimum Gasteiger partial charge on any atom is -0.356 e. The van der Waals surface area contributed by atoms with Gasteiger partial charge in [0, 0.05) is 29.6 Å². The number of hydrogen-bond acceptors (Lipinski definition) is 4. The number of fused-ring (bicyclic) bond motifs is 2. The summed E-state index contributed by atoms with van der Waals surface area (Å²) in [6, 6.07) is 21.3. The molecule has 0 N–H and O–H groups in total. The van der Waals surface area contributed by atoms with Gasteiger partial charge in [0.05, 0.1) is 23.6 Å². The first kappa shape index (κ1) is 24.6. The van der Waals surface area contributed by atoms with Crippen LogP contribution < -0.4 is 0 Å². The lowest BCUT2D eigenvalue weighted by Gasteiger charge is -2.39. The van der Waals surface area contributed by atoms with Gasteiger partial charge in [-0.3, -0.25) is 4.79 Å². The Labute approximate surface area is 223 Å². The number of aromatic nitrogens is 2. The first-order chi connectivity index (χ1) is 18.5. The van der Waals surface area contributed by atoms with Crippen molar-refractivity contribution in [2.75, 3.05) is 6.61 Å². The number of nitrogens with zero attached hydrogens (tertiary/aromatic N) is 4. The maximum atomic E-state index is 13.2. The number of carbonyl (C=O) groups is 1. The van der Waals surface area contributed by atoms with Crippen LogP contribution in [0.5, 0.6) is 0 Å². The van der Waals surface area contributed by atoms with E-state index in [1.165, 1.54) is 6.42 Å². The summed E-state index contributed by atoms with van der Waals surface area (Å²) in [4.78, 5) is 15.2. The molecule has 2 aliphatic heterocycles. The maximum absolute atomic E-state index is 13.2. The first-order valence-electron chi connectivity index (χ1n) is 13.9. The molecule has 1 amide bonds. The van der Waals surface area contributed by atoms with Gasteiger partial charge >= 0.3 is 0 Å². The fraction of sp³-hybridized carbons (Fsp3) is 0.406. The largest absolute Gasteiger partial charge is 0.356 e. The first-order valence-corrected chi connectivity index (χ1v) is 13.9. The number of amides is 1. The lowest BCUT2D eigenvalue weighted by molar-refractivity contribution is -0.136. The SMILES string of the molecule is C[C@@H]1CCC[C@H](C)N1C(=O)Cc1ccc2cc(-c3nn(C4CCCCO4)c4ccc(C#N)cc34)ccc2c1. The summed E-state index contributed by atoms with van der Waals surface area (Å²) in [5.74, 6) is 0.218. The highest BCUT2D eigenvalue weighted by Crippen LogP contribution is 2.35. The quantitative estimate of drug-likeness (QED) is 0.307. The van der Waals surface area contributed by atoms with Crippen molar-refractivity contribution < 1.29 is 9.53 Å². The zero-order valence-corrected chi connectivity index (χ0v) is 22.2. The third-order valence-electron chi connectivity index (χ3n) is 8.28. The van der Waals surface area contributed by atoms with Crippen LogP contribution in [0.3, 0.4) is 0 Å². The minimum absolute atomic E-state index is 0.0844. The third kappa shape index (κ3) is 4.56. The molecule has 2 fully saturated rings. The van der Waals surface area contributed by atoms with Crippen molar-refractivity contribution in [1.29, 1.82) is 5.26 Å². The van der Waals surface area contributed by atoms with E-state index in [9.17, 15) is 10.1 Å². The molecule has 0 bridgehead atoms. The normalized spacial score (nSPS) is 22.0. The van der Waals surface area contributed by atoms with Crippen molar-refractivity contribution in [3.8, 4) is 17.3 Å². The van der Waals surface area contributed by atoms with E-state index in [1.807, 2.05) is 22.9 Å². The number of rotatable bonds is 4. The summed E-state index contributed by atoms with van der Waals surface area (Å²) in [5, 5.41) is 17.7. The van der Waals surface area contributed by atoms with Crippen LogP contribution >= 0.6 is 0 Å². The highest BCUT2D eigenvalue weighted by atomic mass is 16.5. The molecule has 2 saturated heterocycles. The lowest BCUT2D eigenvalue weighted by atomic mass is 9.96. The Hall–Kier alpha value is -3.69. The standard InChI is InChI=1S/C32H34N4O2/c1-21-6-5-7-22(2)35(21)30(37)18-23-9-11-26-19-27(13-12-25(26)16-23)32-28-17-24(20-33)10-14-29(28)36(34-32)31-8-3-4-15-38-31/h9-14,16-17,19,21-22,31H,3-8,15,18H2,1-2H3/t21-,22+,31?. The molecule has 194 valence electrons. The van der Waals surface area contributed by atoms with Gasteiger partial charge in [-0.2, -0.15) is 10.4 Å². The molecule has 0 saturated carbocycles. The monoisotopic (exact) mass is 506 g/mol. The summed E-state index contributed by atoms with van der Waals surface area (Å²) in [5.41, 5.74) is 4.52. The van der Waals surface area contributed by atoms with Crippen molar-refractivity contribution >= 4 is 27.6 Å². The van der Waals surface area contributed by atoms with Gasteiger partial charge in [-0.15, -0.1) is 0 Å². The number of ether oxygens (including phenoxy) is 1. The van der Waals surface area contributed by atoms with Crippen LogP contribution in [0.1, 0.15) is 69.7 Å². The Morgan fingerprint density at radius 2 is 1.76 bits per heavy atom. The van der Waals surface area contributed by atoms with E-state index in [0.29, 0.717) is 24.1 Å². The summed E-state index contributed by atoms with van der Waals surface area (Å²) in [7, 11) is 0. The second-order valence-corrected chi connectivity index (χ2v) is 11.0. The molecule has 0 spiro atoms. The highest BCUT2D eigenvalue weighted by Gasteiger charge is 2.28.